The van der Waals surface area contributed by atoms with Crippen LogP contribution in [0.25, 0.3) is 11.8 Å². The van der Waals surface area contributed by atoms with Gasteiger partial charge in [0, 0.05) is 17.1 Å². The summed E-state index contributed by atoms with van der Waals surface area (Å²) < 4.78 is 2.14. The van der Waals surface area contributed by atoms with Gasteiger partial charge < -0.3 is 10.3 Å². The quantitative estimate of drug-likeness (QED) is 0.533. The molecule has 0 amide bonds. The number of hydrogen-bond donors (Lipinski definition) is 1. The summed E-state index contributed by atoms with van der Waals surface area (Å²) >= 11 is 4.87. The third-order valence-electron chi connectivity index (χ3n) is 3.17. The van der Waals surface area contributed by atoms with Gasteiger partial charge in [0.25, 0.3) is 0 Å². The van der Waals surface area contributed by atoms with Crippen LogP contribution in [0, 0.1) is 25.2 Å². The maximum Gasteiger partial charge on any atom is 0.114 e. The first-order valence-corrected chi connectivity index (χ1v) is 6.61. The first-order valence-electron chi connectivity index (χ1n) is 6.20. The average molecular weight is 281 g/mol. The van der Waals surface area contributed by atoms with Gasteiger partial charge in [0.15, 0.2) is 0 Å². The molecule has 2 rings (SSSR count). The second kappa shape index (κ2) is 5.72. The van der Waals surface area contributed by atoms with Crippen molar-refractivity contribution < 1.29 is 0 Å². The topological polar surface area (TPSA) is 54.7 Å². The van der Waals surface area contributed by atoms with E-state index in [1.807, 2.05) is 56.3 Å². The maximum atomic E-state index is 9.05. The number of thiocarbonyl (C=S) groups is 1. The number of nitriles is 1. The van der Waals surface area contributed by atoms with E-state index in [2.05, 4.69) is 4.57 Å². The number of hydrogen-bond acceptors (Lipinski definition) is 2. The molecule has 0 spiro atoms. The van der Waals surface area contributed by atoms with Gasteiger partial charge in [-0.1, -0.05) is 30.4 Å². The molecule has 3 nitrogen and oxygen atoms in total. The molecule has 4 heteroatoms. The lowest BCUT2D eigenvalue weighted by atomic mass is 10.1. The van der Waals surface area contributed by atoms with E-state index in [0.29, 0.717) is 5.57 Å². The standard InChI is InChI=1S/C16H15N3S/c1-11-8-13(9-14(10-17)16(18)20)12(2)19(11)15-6-4-3-5-7-15/h3-9H,1-2H3,(H2,18,20)/b14-9+. The van der Waals surface area contributed by atoms with E-state index < -0.39 is 0 Å². The molecular weight excluding hydrogens is 266 g/mol. The predicted octanol–water partition coefficient (Wildman–Crippen LogP) is 3.29. The Hall–Kier alpha value is -2.38. The minimum absolute atomic E-state index is 0.122. The van der Waals surface area contributed by atoms with Crippen molar-refractivity contribution in [1.82, 2.24) is 4.57 Å². The third-order valence-corrected chi connectivity index (χ3v) is 3.39. The first-order chi connectivity index (χ1) is 9.54. The number of rotatable bonds is 3. The predicted molar refractivity (Wildman–Crippen MR) is 85.6 cm³/mol. The highest BCUT2D eigenvalue weighted by Crippen LogP contribution is 2.22. The van der Waals surface area contributed by atoms with E-state index in [4.69, 9.17) is 23.2 Å². The SMILES string of the molecule is Cc1cc(/C=C(\C#N)C(N)=S)c(C)n1-c1ccccc1. The van der Waals surface area contributed by atoms with E-state index in [1.54, 1.807) is 6.08 Å². The van der Waals surface area contributed by atoms with E-state index in [9.17, 15) is 0 Å². The lowest BCUT2D eigenvalue weighted by Gasteiger charge is -2.09. The Labute approximate surface area is 123 Å². The molecule has 0 aliphatic heterocycles. The van der Waals surface area contributed by atoms with Crippen molar-refractivity contribution >= 4 is 23.3 Å². The zero-order valence-corrected chi connectivity index (χ0v) is 12.2. The van der Waals surface area contributed by atoms with Crippen LogP contribution in [0.5, 0.6) is 0 Å². The second-order valence-electron chi connectivity index (χ2n) is 4.53. The summed E-state index contributed by atoms with van der Waals surface area (Å²) in [4.78, 5) is 0.122. The molecule has 0 radical (unpaired) electrons. The molecule has 0 bridgehead atoms. The smallest absolute Gasteiger partial charge is 0.114 e. The second-order valence-corrected chi connectivity index (χ2v) is 4.97. The fourth-order valence-electron chi connectivity index (χ4n) is 2.22. The first kappa shape index (κ1) is 14.0. The number of benzene rings is 1. The summed E-state index contributed by atoms with van der Waals surface area (Å²) in [6.45, 7) is 4.05. The lowest BCUT2D eigenvalue weighted by molar-refractivity contribution is 0.964. The molecule has 2 aromatic rings. The van der Waals surface area contributed by atoms with Crippen LogP contribution < -0.4 is 5.73 Å². The minimum atomic E-state index is 0.122. The zero-order chi connectivity index (χ0) is 14.7. The fourth-order valence-corrected chi connectivity index (χ4v) is 2.33. The van der Waals surface area contributed by atoms with Gasteiger partial charge >= 0.3 is 0 Å². The van der Waals surface area contributed by atoms with Crippen molar-refractivity contribution in [2.24, 2.45) is 5.73 Å². The Kier molecular flexibility index (Phi) is 4.02. The highest BCUT2D eigenvalue weighted by molar-refractivity contribution is 7.80. The zero-order valence-electron chi connectivity index (χ0n) is 11.4. The van der Waals surface area contributed by atoms with E-state index in [1.165, 1.54) is 0 Å². The number of aromatic nitrogens is 1. The Morgan fingerprint density at radius 3 is 2.50 bits per heavy atom. The molecule has 100 valence electrons. The molecule has 0 saturated carbocycles. The van der Waals surface area contributed by atoms with Crippen LogP contribution in [0.15, 0.2) is 42.0 Å². The molecule has 0 aliphatic rings. The fraction of sp³-hybridized carbons (Fsp3) is 0.125. The van der Waals surface area contributed by atoms with Gasteiger partial charge in [-0.25, -0.2) is 0 Å². The van der Waals surface area contributed by atoms with Gasteiger partial charge in [-0.3, -0.25) is 0 Å². The normalized spacial score (nSPS) is 11.2. The van der Waals surface area contributed by atoms with Crippen molar-refractivity contribution in [2.75, 3.05) is 0 Å². The summed E-state index contributed by atoms with van der Waals surface area (Å²) in [6.07, 6.45) is 1.74. The Balaban J connectivity index is 2.56. The Morgan fingerprint density at radius 1 is 1.30 bits per heavy atom. The monoisotopic (exact) mass is 281 g/mol. The molecule has 0 aliphatic carbocycles. The number of aryl methyl sites for hydroxylation is 1. The number of para-hydroxylation sites is 1. The van der Waals surface area contributed by atoms with E-state index >= 15 is 0 Å². The minimum Gasteiger partial charge on any atom is -0.389 e. The molecule has 0 atom stereocenters. The molecule has 1 aromatic carbocycles. The van der Waals surface area contributed by atoms with Crippen molar-refractivity contribution in [3.8, 4) is 11.8 Å². The number of nitrogens with two attached hydrogens (primary N) is 1. The van der Waals surface area contributed by atoms with Gasteiger partial charge in [-0.05, 0) is 43.7 Å². The summed E-state index contributed by atoms with van der Waals surface area (Å²) in [7, 11) is 0. The molecule has 0 saturated heterocycles. The lowest BCUT2D eigenvalue weighted by Crippen LogP contribution is -2.09. The van der Waals surface area contributed by atoms with Crippen LogP contribution in [0.4, 0.5) is 0 Å². The van der Waals surface area contributed by atoms with Crippen LogP contribution in [0.1, 0.15) is 17.0 Å². The maximum absolute atomic E-state index is 9.05. The number of nitrogens with zero attached hydrogens (tertiary/aromatic N) is 2. The highest BCUT2D eigenvalue weighted by atomic mass is 32.1. The molecule has 2 N–H and O–H groups in total. The molecule has 1 heterocycles. The molecule has 0 fully saturated rings. The van der Waals surface area contributed by atoms with Gasteiger partial charge in [0.2, 0.25) is 0 Å². The molecule has 0 unspecified atom stereocenters. The van der Waals surface area contributed by atoms with Crippen LogP contribution in [0.2, 0.25) is 0 Å². The van der Waals surface area contributed by atoms with Crippen LogP contribution in [-0.4, -0.2) is 9.56 Å². The highest BCUT2D eigenvalue weighted by Gasteiger charge is 2.10. The molecule has 1 aromatic heterocycles. The third kappa shape index (κ3) is 2.63. The van der Waals surface area contributed by atoms with E-state index in [-0.39, 0.29) is 4.99 Å². The molecule has 20 heavy (non-hydrogen) atoms. The van der Waals surface area contributed by atoms with Crippen LogP contribution in [-0.2, 0) is 0 Å². The van der Waals surface area contributed by atoms with Gasteiger partial charge in [0.05, 0.1) is 5.57 Å². The molecular formula is C16H15N3S. The van der Waals surface area contributed by atoms with Crippen molar-refractivity contribution in [3.05, 3.63) is 58.9 Å². The Morgan fingerprint density at radius 2 is 1.95 bits per heavy atom. The summed E-state index contributed by atoms with van der Waals surface area (Å²) in [6, 6.07) is 14.1. The van der Waals surface area contributed by atoms with Gasteiger partial charge in [-0.15, -0.1) is 0 Å². The largest absolute Gasteiger partial charge is 0.389 e. The van der Waals surface area contributed by atoms with E-state index in [0.717, 1.165) is 22.6 Å². The van der Waals surface area contributed by atoms with Crippen LogP contribution >= 0.6 is 12.2 Å². The van der Waals surface area contributed by atoms with Gasteiger partial charge in [0.1, 0.15) is 11.1 Å². The Bertz CT molecular complexity index is 718. The summed E-state index contributed by atoms with van der Waals surface area (Å²) in [5, 5.41) is 9.05. The summed E-state index contributed by atoms with van der Waals surface area (Å²) in [5.41, 5.74) is 10.1. The summed E-state index contributed by atoms with van der Waals surface area (Å²) in [5.74, 6) is 0. The van der Waals surface area contributed by atoms with Crippen molar-refractivity contribution in [1.29, 1.82) is 5.26 Å². The van der Waals surface area contributed by atoms with Crippen molar-refractivity contribution in [2.45, 2.75) is 13.8 Å². The van der Waals surface area contributed by atoms with Crippen molar-refractivity contribution in [3.63, 3.8) is 0 Å². The van der Waals surface area contributed by atoms with Gasteiger partial charge in [-0.2, -0.15) is 5.26 Å². The van der Waals surface area contributed by atoms with Crippen LogP contribution in [0.3, 0.4) is 0 Å². The average Bonchev–Trinajstić information content (AvgIpc) is 2.71.